The molecule has 6 aromatic carbocycles. The first-order valence-corrected chi connectivity index (χ1v) is 15.3. The highest BCUT2D eigenvalue weighted by molar-refractivity contribution is 6.14. The van der Waals surface area contributed by atoms with E-state index in [1.807, 2.05) is 12.1 Å². The zero-order chi connectivity index (χ0) is 29.7. The molecule has 2 aromatic heterocycles. The van der Waals surface area contributed by atoms with Gasteiger partial charge >= 0.3 is 0 Å². The molecule has 1 unspecified atom stereocenters. The SMILES string of the molecule is c1ccc(C2=NNC(c3ccccc3)N2c2ccc(-n3c4ccccc4c4cc5ccn(-c6ccccc6)c5cc43)cc2)cc1. The number of nitrogens with zero attached hydrogens (tertiary/aromatic N) is 4. The molecular weight excluding hydrogens is 550 g/mol. The summed E-state index contributed by atoms with van der Waals surface area (Å²) in [6, 6.07) is 55.9. The summed E-state index contributed by atoms with van der Waals surface area (Å²) in [4.78, 5) is 2.29. The van der Waals surface area contributed by atoms with E-state index in [4.69, 9.17) is 5.10 Å². The van der Waals surface area contributed by atoms with Crippen molar-refractivity contribution in [3.63, 3.8) is 0 Å². The van der Waals surface area contributed by atoms with Gasteiger partial charge in [0.15, 0.2) is 5.84 Å². The lowest BCUT2D eigenvalue weighted by atomic mass is 10.1. The van der Waals surface area contributed by atoms with Crippen LogP contribution in [0.15, 0.2) is 169 Å². The van der Waals surface area contributed by atoms with E-state index < -0.39 is 0 Å². The minimum Gasteiger partial charge on any atom is -0.316 e. The van der Waals surface area contributed by atoms with Crippen LogP contribution in [0.25, 0.3) is 44.1 Å². The average molecular weight is 580 g/mol. The number of anilines is 1. The number of aromatic nitrogens is 2. The van der Waals surface area contributed by atoms with Gasteiger partial charge in [-0.1, -0.05) is 97.1 Å². The van der Waals surface area contributed by atoms with Crippen LogP contribution in [0, 0.1) is 0 Å². The fraction of sp³-hybridized carbons (Fsp3) is 0.0250. The Bertz CT molecular complexity index is 2330. The molecule has 1 aliphatic rings. The Morgan fingerprint density at radius 1 is 0.511 bits per heavy atom. The molecule has 3 heterocycles. The van der Waals surface area contributed by atoms with Gasteiger partial charge in [0.05, 0.1) is 16.6 Å². The van der Waals surface area contributed by atoms with Gasteiger partial charge < -0.3 is 9.13 Å². The van der Waals surface area contributed by atoms with Crippen LogP contribution in [0.4, 0.5) is 5.69 Å². The molecule has 1 N–H and O–H groups in total. The second kappa shape index (κ2) is 10.3. The van der Waals surface area contributed by atoms with E-state index >= 15 is 0 Å². The van der Waals surface area contributed by atoms with Gasteiger partial charge in [-0.2, -0.15) is 5.10 Å². The van der Waals surface area contributed by atoms with Gasteiger partial charge in [0.1, 0.15) is 6.17 Å². The summed E-state index contributed by atoms with van der Waals surface area (Å²) in [6.07, 6.45) is 2.05. The van der Waals surface area contributed by atoms with Crippen molar-refractivity contribution < 1.29 is 0 Å². The Kier molecular flexibility index (Phi) is 5.81. The van der Waals surface area contributed by atoms with Gasteiger partial charge in [0, 0.05) is 45.0 Å². The maximum Gasteiger partial charge on any atom is 0.162 e. The fourth-order valence-electron chi connectivity index (χ4n) is 6.73. The number of para-hydroxylation sites is 2. The number of hydrogen-bond donors (Lipinski definition) is 1. The van der Waals surface area contributed by atoms with Crippen LogP contribution in [-0.4, -0.2) is 15.0 Å². The molecule has 5 heteroatoms. The second-order valence-electron chi connectivity index (χ2n) is 11.4. The molecule has 0 amide bonds. The number of benzene rings is 6. The van der Waals surface area contributed by atoms with Crippen molar-refractivity contribution in [3.8, 4) is 11.4 Å². The van der Waals surface area contributed by atoms with Gasteiger partial charge in [-0.05, 0) is 66.2 Å². The van der Waals surface area contributed by atoms with Gasteiger partial charge in [0.2, 0.25) is 0 Å². The third-order valence-corrected chi connectivity index (χ3v) is 8.83. The van der Waals surface area contributed by atoms with Crippen LogP contribution in [0.2, 0.25) is 0 Å². The maximum absolute atomic E-state index is 4.82. The van der Waals surface area contributed by atoms with Crippen molar-refractivity contribution in [1.29, 1.82) is 0 Å². The quantitative estimate of drug-likeness (QED) is 0.221. The maximum atomic E-state index is 4.82. The molecule has 1 atom stereocenters. The third kappa shape index (κ3) is 4.13. The summed E-state index contributed by atoms with van der Waals surface area (Å²) in [6.45, 7) is 0. The number of nitrogens with one attached hydrogen (secondary N) is 1. The molecule has 0 aliphatic carbocycles. The minimum atomic E-state index is -0.112. The highest BCUT2D eigenvalue weighted by Crippen LogP contribution is 2.37. The molecule has 0 spiro atoms. The average Bonchev–Trinajstić information content (AvgIpc) is 3.83. The van der Waals surface area contributed by atoms with E-state index in [-0.39, 0.29) is 6.17 Å². The van der Waals surface area contributed by atoms with Crippen LogP contribution >= 0.6 is 0 Å². The summed E-state index contributed by atoms with van der Waals surface area (Å²) in [5, 5.41) is 8.54. The van der Waals surface area contributed by atoms with Crippen molar-refractivity contribution in [2.75, 3.05) is 4.90 Å². The Morgan fingerprint density at radius 2 is 1.18 bits per heavy atom. The Hall–Kier alpha value is -6.07. The molecule has 5 nitrogen and oxygen atoms in total. The van der Waals surface area contributed by atoms with E-state index in [1.165, 1.54) is 32.7 Å². The lowest BCUT2D eigenvalue weighted by molar-refractivity contribution is 0.617. The van der Waals surface area contributed by atoms with Crippen LogP contribution in [0.5, 0.6) is 0 Å². The first-order valence-electron chi connectivity index (χ1n) is 15.3. The molecule has 9 rings (SSSR count). The van der Waals surface area contributed by atoms with Crippen LogP contribution in [-0.2, 0) is 0 Å². The second-order valence-corrected chi connectivity index (χ2v) is 11.4. The Labute approximate surface area is 260 Å². The number of hydrogen-bond acceptors (Lipinski definition) is 3. The van der Waals surface area contributed by atoms with E-state index in [2.05, 4.69) is 171 Å². The number of rotatable bonds is 5. The van der Waals surface area contributed by atoms with E-state index in [0.717, 1.165) is 34.0 Å². The van der Waals surface area contributed by atoms with E-state index in [9.17, 15) is 0 Å². The van der Waals surface area contributed by atoms with Crippen molar-refractivity contribution in [2.24, 2.45) is 5.10 Å². The van der Waals surface area contributed by atoms with E-state index in [0.29, 0.717) is 0 Å². The molecule has 1 aliphatic heterocycles. The van der Waals surface area contributed by atoms with E-state index in [1.54, 1.807) is 0 Å². The lowest BCUT2D eigenvalue weighted by Crippen LogP contribution is -2.33. The molecule has 0 fully saturated rings. The van der Waals surface area contributed by atoms with Crippen molar-refractivity contribution >= 4 is 44.2 Å². The molecule has 0 saturated carbocycles. The monoisotopic (exact) mass is 579 g/mol. The zero-order valence-electron chi connectivity index (χ0n) is 24.5. The topological polar surface area (TPSA) is 37.5 Å². The zero-order valence-corrected chi connectivity index (χ0v) is 24.5. The van der Waals surface area contributed by atoms with Crippen LogP contribution < -0.4 is 10.3 Å². The van der Waals surface area contributed by atoms with Crippen molar-refractivity contribution in [2.45, 2.75) is 6.17 Å². The molecule has 8 aromatic rings. The standard InChI is InChI=1S/C40H29N5/c1-4-12-28(13-5-1)39-41-42-40(29-14-6-2-7-15-29)45(39)33-22-20-32(21-23-33)44-36-19-11-10-18-34(36)35-26-30-24-25-43(37(30)27-38(35)44)31-16-8-3-9-17-31/h1-27,39,41H. The number of hydrazone groups is 1. The van der Waals surface area contributed by atoms with Gasteiger partial charge in [-0.3, -0.25) is 10.3 Å². The molecule has 0 radical (unpaired) electrons. The molecule has 214 valence electrons. The summed E-state index contributed by atoms with van der Waals surface area (Å²) in [5.74, 6) is 0.901. The first kappa shape index (κ1) is 25.4. The molecular formula is C40H29N5. The number of fused-ring (bicyclic) bond motifs is 4. The smallest absolute Gasteiger partial charge is 0.162 e. The fourth-order valence-corrected chi connectivity index (χ4v) is 6.73. The molecule has 0 bridgehead atoms. The molecule has 45 heavy (non-hydrogen) atoms. The summed E-state index contributed by atoms with van der Waals surface area (Å²) in [7, 11) is 0. The number of amidine groups is 1. The predicted molar refractivity (Wildman–Crippen MR) is 185 cm³/mol. The summed E-state index contributed by atoms with van der Waals surface area (Å²) in [5.41, 5.74) is 12.5. The van der Waals surface area contributed by atoms with Crippen molar-refractivity contribution in [3.05, 3.63) is 175 Å². The highest BCUT2D eigenvalue weighted by atomic mass is 15.5. The highest BCUT2D eigenvalue weighted by Gasteiger charge is 2.31. The first-order chi connectivity index (χ1) is 22.3. The summed E-state index contributed by atoms with van der Waals surface area (Å²) < 4.78 is 4.66. The van der Waals surface area contributed by atoms with Gasteiger partial charge in [0.25, 0.3) is 0 Å². The molecule has 0 saturated heterocycles. The van der Waals surface area contributed by atoms with Crippen LogP contribution in [0.3, 0.4) is 0 Å². The summed E-state index contributed by atoms with van der Waals surface area (Å²) >= 11 is 0. The minimum absolute atomic E-state index is 0.112. The lowest BCUT2D eigenvalue weighted by Gasteiger charge is -2.28. The largest absolute Gasteiger partial charge is 0.316 e. The van der Waals surface area contributed by atoms with Crippen molar-refractivity contribution in [1.82, 2.24) is 14.6 Å². The third-order valence-electron chi connectivity index (χ3n) is 8.83. The normalized spacial score (nSPS) is 14.7. The van der Waals surface area contributed by atoms with Gasteiger partial charge in [-0.25, -0.2) is 0 Å². The predicted octanol–water partition coefficient (Wildman–Crippen LogP) is 9.20. The Balaban J connectivity index is 1.19. The van der Waals surface area contributed by atoms with Gasteiger partial charge in [-0.15, -0.1) is 0 Å². The van der Waals surface area contributed by atoms with Crippen LogP contribution in [0.1, 0.15) is 17.3 Å². The Morgan fingerprint density at radius 3 is 1.96 bits per heavy atom.